The molecule has 1 aliphatic heterocycles. The quantitative estimate of drug-likeness (QED) is 0.609. The van der Waals surface area contributed by atoms with Crippen LogP contribution in [0.2, 0.25) is 0 Å². The Morgan fingerprint density at radius 3 is 2.70 bits per heavy atom. The van der Waals surface area contributed by atoms with E-state index in [1.807, 2.05) is 51.1 Å². The Kier molecular flexibility index (Phi) is 5.31. The number of aryl methyl sites for hydroxylation is 1. The summed E-state index contributed by atoms with van der Waals surface area (Å²) < 4.78 is 7.07. The average Bonchev–Trinajstić information content (AvgIpc) is 3.39. The number of nitrogens with zero attached hydrogens (tertiary/aromatic N) is 5. The number of amides is 1. The highest BCUT2D eigenvalue weighted by Gasteiger charge is 2.24. The zero-order valence-corrected chi connectivity index (χ0v) is 17.2. The molecule has 0 saturated carbocycles. The number of esters is 1. The van der Waals surface area contributed by atoms with Gasteiger partial charge in [-0.1, -0.05) is 30.3 Å². The molecule has 1 amide bonds. The van der Waals surface area contributed by atoms with Crippen molar-refractivity contribution in [1.82, 2.24) is 19.8 Å². The van der Waals surface area contributed by atoms with Crippen LogP contribution in [0.15, 0.2) is 47.7 Å². The Morgan fingerprint density at radius 1 is 1.20 bits per heavy atom. The Morgan fingerprint density at radius 2 is 1.97 bits per heavy atom. The van der Waals surface area contributed by atoms with Crippen molar-refractivity contribution in [3.8, 4) is 0 Å². The molecule has 1 aliphatic rings. The zero-order valence-electron chi connectivity index (χ0n) is 17.2. The van der Waals surface area contributed by atoms with Crippen molar-refractivity contribution in [2.45, 2.75) is 33.2 Å². The fourth-order valence-corrected chi connectivity index (χ4v) is 3.44. The van der Waals surface area contributed by atoms with Gasteiger partial charge in [0.1, 0.15) is 0 Å². The molecule has 30 heavy (non-hydrogen) atoms. The molecule has 0 fully saturated rings. The third kappa shape index (κ3) is 3.80. The lowest BCUT2D eigenvalue weighted by Crippen LogP contribution is -2.28. The molecule has 3 aromatic rings. The first-order chi connectivity index (χ1) is 14.4. The second-order valence-corrected chi connectivity index (χ2v) is 7.49. The third-order valence-electron chi connectivity index (χ3n) is 4.93. The van der Waals surface area contributed by atoms with Gasteiger partial charge in [-0.3, -0.25) is 4.79 Å². The smallest absolute Gasteiger partial charge is 0.339 e. The van der Waals surface area contributed by atoms with Crippen LogP contribution in [0.3, 0.4) is 0 Å². The number of pyridine rings is 1. The summed E-state index contributed by atoms with van der Waals surface area (Å²) in [6.45, 7) is 5.90. The second-order valence-electron chi connectivity index (χ2n) is 7.49. The molecule has 0 saturated heterocycles. The normalized spacial score (nSPS) is 13.7. The van der Waals surface area contributed by atoms with Gasteiger partial charge in [0.15, 0.2) is 12.3 Å². The van der Waals surface area contributed by atoms with Crippen LogP contribution in [0.25, 0.3) is 11.0 Å². The molecule has 0 aliphatic carbocycles. The lowest BCUT2D eigenvalue weighted by molar-refractivity contribution is -0.134. The predicted octanol–water partition coefficient (Wildman–Crippen LogP) is 3.11. The van der Waals surface area contributed by atoms with Gasteiger partial charge in [0.2, 0.25) is 0 Å². The van der Waals surface area contributed by atoms with Gasteiger partial charge in [0.05, 0.1) is 29.4 Å². The van der Waals surface area contributed by atoms with Crippen LogP contribution >= 0.6 is 0 Å². The molecular formula is C22H23N5O3. The van der Waals surface area contributed by atoms with Crippen molar-refractivity contribution in [3.05, 3.63) is 59.4 Å². The van der Waals surface area contributed by atoms with Crippen molar-refractivity contribution < 1.29 is 14.3 Å². The number of benzene rings is 1. The van der Waals surface area contributed by atoms with E-state index in [-0.39, 0.29) is 18.6 Å². The SMILES string of the molecule is Cc1cc(C(=O)OCC(=O)N2CCC(c3ccccc3)=N2)c2cnn(C(C)C)c2n1. The van der Waals surface area contributed by atoms with Crippen LogP contribution in [0.5, 0.6) is 0 Å². The Hall–Kier alpha value is -3.55. The number of hydrazone groups is 1. The van der Waals surface area contributed by atoms with Crippen LogP contribution < -0.4 is 0 Å². The predicted molar refractivity (Wildman–Crippen MR) is 112 cm³/mol. The molecule has 8 heteroatoms. The van der Waals surface area contributed by atoms with Crippen molar-refractivity contribution >= 4 is 28.6 Å². The summed E-state index contributed by atoms with van der Waals surface area (Å²) in [4.78, 5) is 29.7. The molecule has 0 bridgehead atoms. The van der Waals surface area contributed by atoms with Gasteiger partial charge in [-0.2, -0.15) is 10.2 Å². The first-order valence-corrected chi connectivity index (χ1v) is 9.89. The molecule has 154 valence electrons. The maximum Gasteiger partial charge on any atom is 0.339 e. The minimum Gasteiger partial charge on any atom is -0.452 e. The summed E-state index contributed by atoms with van der Waals surface area (Å²) in [7, 11) is 0. The molecule has 0 N–H and O–H groups in total. The Labute approximate surface area is 174 Å². The molecule has 0 unspecified atom stereocenters. The highest BCUT2D eigenvalue weighted by Crippen LogP contribution is 2.22. The lowest BCUT2D eigenvalue weighted by Gasteiger charge is -2.12. The first-order valence-electron chi connectivity index (χ1n) is 9.89. The van der Waals surface area contributed by atoms with E-state index in [1.54, 1.807) is 16.9 Å². The van der Waals surface area contributed by atoms with Crippen LogP contribution in [-0.2, 0) is 9.53 Å². The first kappa shape index (κ1) is 19.8. The Bertz CT molecular complexity index is 1130. The average molecular weight is 405 g/mol. The molecule has 0 radical (unpaired) electrons. The van der Waals surface area contributed by atoms with E-state index in [0.29, 0.717) is 35.3 Å². The standard InChI is InChI=1S/C22H23N5O3/c1-14(2)27-21-18(12-23-27)17(11-15(3)24-21)22(29)30-13-20(28)26-10-9-19(25-26)16-7-5-4-6-8-16/h4-8,11-12,14H,9-10,13H2,1-3H3. The molecule has 0 atom stereocenters. The fraction of sp³-hybridized carbons (Fsp3) is 0.318. The molecule has 2 aromatic heterocycles. The summed E-state index contributed by atoms with van der Waals surface area (Å²) >= 11 is 0. The Balaban J connectivity index is 1.46. The van der Waals surface area contributed by atoms with Crippen molar-refractivity contribution in [2.75, 3.05) is 13.2 Å². The molecule has 0 spiro atoms. The molecule has 8 nitrogen and oxygen atoms in total. The van der Waals surface area contributed by atoms with Gasteiger partial charge in [-0.05, 0) is 32.4 Å². The van der Waals surface area contributed by atoms with Crippen LogP contribution in [0, 0.1) is 6.92 Å². The number of hydrogen-bond donors (Lipinski definition) is 0. The number of carbonyl (C=O) groups excluding carboxylic acids is 2. The maximum atomic E-state index is 12.7. The van der Waals surface area contributed by atoms with Gasteiger partial charge in [-0.15, -0.1) is 0 Å². The van der Waals surface area contributed by atoms with Gasteiger partial charge < -0.3 is 4.74 Å². The number of ether oxygens (including phenoxy) is 1. The van der Waals surface area contributed by atoms with E-state index in [2.05, 4.69) is 15.2 Å². The highest BCUT2D eigenvalue weighted by molar-refractivity contribution is 6.04. The number of carbonyl (C=O) groups is 2. The molecule has 1 aromatic carbocycles. The summed E-state index contributed by atoms with van der Waals surface area (Å²) in [6.07, 6.45) is 2.28. The maximum absolute atomic E-state index is 12.7. The van der Waals surface area contributed by atoms with Crippen LogP contribution in [-0.4, -0.2) is 50.5 Å². The van der Waals surface area contributed by atoms with E-state index in [0.717, 1.165) is 11.3 Å². The highest BCUT2D eigenvalue weighted by atomic mass is 16.5. The van der Waals surface area contributed by atoms with Crippen LogP contribution in [0.1, 0.15) is 47.9 Å². The van der Waals surface area contributed by atoms with Gasteiger partial charge >= 0.3 is 5.97 Å². The van der Waals surface area contributed by atoms with Crippen molar-refractivity contribution in [2.24, 2.45) is 5.10 Å². The molecular weight excluding hydrogens is 382 g/mol. The van der Waals surface area contributed by atoms with E-state index in [4.69, 9.17) is 4.74 Å². The summed E-state index contributed by atoms with van der Waals surface area (Å²) in [5.74, 6) is -0.928. The van der Waals surface area contributed by atoms with E-state index < -0.39 is 5.97 Å². The lowest BCUT2D eigenvalue weighted by atomic mass is 10.1. The fourth-order valence-electron chi connectivity index (χ4n) is 3.44. The molecule has 3 heterocycles. The van der Waals surface area contributed by atoms with E-state index >= 15 is 0 Å². The van der Waals surface area contributed by atoms with Gasteiger partial charge in [0.25, 0.3) is 5.91 Å². The number of rotatable bonds is 5. The number of fused-ring (bicyclic) bond motifs is 1. The summed E-state index contributed by atoms with van der Waals surface area (Å²) in [5.41, 5.74) is 3.50. The largest absolute Gasteiger partial charge is 0.452 e. The van der Waals surface area contributed by atoms with Crippen LogP contribution in [0.4, 0.5) is 0 Å². The number of hydrogen-bond acceptors (Lipinski definition) is 6. The number of aromatic nitrogens is 3. The summed E-state index contributed by atoms with van der Waals surface area (Å²) in [6, 6.07) is 11.5. The monoisotopic (exact) mass is 405 g/mol. The van der Waals surface area contributed by atoms with Crippen molar-refractivity contribution in [1.29, 1.82) is 0 Å². The zero-order chi connectivity index (χ0) is 21.3. The van der Waals surface area contributed by atoms with Gasteiger partial charge in [-0.25, -0.2) is 19.5 Å². The third-order valence-corrected chi connectivity index (χ3v) is 4.93. The van der Waals surface area contributed by atoms with E-state index in [1.165, 1.54) is 5.01 Å². The van der Waals surface area contributed by atoms with Gasteiger partial charge in [0, 0.05) is 18.2 Å². The minimum absolute atomic E-state index is 0.106. The van der Waals surface area contributed by atoms with E-state index in [9.17, 15) is 9.59 Å². The summed E-state index contributed by atoms with van der Waals surface area (Å²) in [5, 5.41) is 10.7. The van der Waals surface area contributed by atoms with Crippen molar-refractivity contribution in [3.63, 3.8) is 0 Å². The molecule has 4 rings (SSSR count). The second kappa shape index (κ2) is 8.06. The minimum atomic E-state index is -0.575. The topological polar surface area (TPSA) is 89.7 Å².